The van der Waals surface area contributed by atoms with Crippen LogP contribution in [0, 0.1) is 27.7 Å². The van der Waals surface area contributed by atoms with Gasteiger partial charge in [0.2, 0.25) is 0 Å². The largest absolute Gasteiger partial charge is 0.508 e. The van der Waals surface area contributed by atoms with Gasteiger partial charge in [-0.05, 0) is 52.0 Å². The highest BCUT2D eigenvalue weighted by molar-refractivity contribution is 5.59. The Labute approximate surface area is 139 Å². The molecule has 0 amide bonds. The maximum atomic E-state index is 9.66. The highest BCUT2D eigenvalue weighted by Gasteiger charge is 2.47. The highest BCUT2D eigenvalue weighted by Crippen LogP contribution is 2.49. The average molecular weight is 321 g/mol. The van der Waals surface area contributed by atoms with Crippen molar-refractivity contribution in [2.75, 3.05) is 4.90 Å². The molecule has 0 aliphatic carbocycles. The minimum atomic E-state index is 0.103. The molecule has 1 N–H and O–H groups in total. The number of aromatic hydroxyl groups is 1. The van der Waals surface area contributed by atoms with Gasteiger partial charge >= 0.3 is 0 Å². The van der Waals surface area contributed by atoms with Crippen LogP contribution in [0.2, 0.25) is 0 Å². The molecule has 4 aliphatic heterocycles. The second kappa shape index (κ2) is 4.20. The number of rotatable bonds is 3. The molecule has 4 bridgehead atoms. The Morgan fingerprint density at radius 3 is 1.62 bits per heavy atom. The van der Waals surface area contributed by atoms with Crippen LogP contribution in [0.4, 0.5) is 5.69 Å². The van der Waals surface area contributed by atoms with E-state index >= 15 is 0 Å². The fourth-order valence-electron chi connectivity index (χ4n) is 4.24. The number of benzene rings is 1. The van der Waals surface area contributed by atoms with Gasteiger partial charge in [0.25, 0.3) is 0 Å². The molecule has 1 aromatic carbocycles. The van der Waals surface area contributed by atoms with Crippen molar-refractivity contribution in [2.45, 2.75) is 40.0 Å². The third-order valence-corrected chi connectivity index (χ3v) is 5.42. The number of aryl methyl sites for hydroxylation is 4. The van der Waals surface area contributed by atoms with Crippen molar-refractivity contribution in [1.82, 2.24) is 19.6 Å². The molecule has 122 valence electrons. The molecule has 2 unspecified atom stereocenters. The van der Waals surface area contributed by atoms with E-state index in [9.17, 15) is 5.11 Å². The van der Waals surface area contributed by atoms with E-state index in [0.29, 0.717) is 0 Å². The fourth-order valence-corrected chi connectivity index (χ4v) is 4.24. The summed E-state index contributed by atoms with van der Waals surface area (Å²) in [4.78, 5) is 2.35. The van der Waals surface area contributed by atoms with Gasteiger partial charge in [-0.2, -0.15) is 10.2 Å². The number of fused-ring (bicyclic) bond motifs is 2. The summed E-state index contributed by atoms with van der Waals surface area (Å²) in [6.07, 6.45) is 0.206. The molecule has 2 aromatic heterocycles. The van der Waals surface area contributed by atoms with Crippen LogP contribution in [0.3, 0.4) is 0 Å². The lowest BCUT2D eigenvalue weighted by molar-refractivity contribution is 0.351. The summed E-state index contributed by atoms with van der Waals surface area (Å²) in [5, 5.41) is 19.0. The van der Waals surface area contributed by atoms with E-state index in [2.05, 4.69) is 52.2 Å². The second-order valence-corrected chi connectivity index (χ2v) is 6.73. The maximum absolute atomic E-state index is 9.66. The van der Waals surface area contributed by atoms with Gasteiger partial charge in [0.15, 0.2) is 12.3 Å². The Hall–Kier alpha value is -2.76. The van der Waals surface area contributed by atoms with E-state index in [1.165, 1.54) is 22.5 Å². The van der Waals surface area contributed by atoms with Crippen LogP contribution in [0.15, 0.2) is 24.3 Å². The summed E-state index contributed by atoms with van der Waals surface area (Å²) >= 11 is 0. The first-order valence-corrected chi connectivity index (χ1v) is 8.17. The average Bonchev–Trinajstić information content (AvgIpc) is 3.25. The highest BCUT2D eigenvalue weighted by atomic mass is 16.3. The van der Waals surface area contributed by atoms with Gasteiger partial charge in [0.05, 0.1) is 11.4 Å². The summed E-state index contributed by atoms with van der Waals surface area (Å²) < 4.78 is 4.17. The van der Waals surface area contributed by atoms with Crippen molar-refractivity contribution in [3.05, 3.63) is 58.2 Å². The number of aromatic nitrogens is 4. The number of phenols is 1. The monoisotopic (exact) mass is 321 g/mol. The van der Waals surface area contributed by atoms with E-state index in [1.54, 1.807) is 12.1 Å². The summed E-state index contributed by atoms with van der Waals surface area (Å²) in [6.45, 7) is 8.36. The molecule has 3 aromatic rings. The van der Waals surface area contributed by atoms with Gasteiger partial charge in [0.1, 0.15) is 5.75 Å². The predicted molar refractivity (Wildman–Crippen MR) is 90.3 cm³/mol. The molecule has 0 radical (unpaired) electrons. The van der Waals surface area contributed by atoms with E-state index in [0.717, 1.165) is 17.1 Å². The van der Waals surface area contributed by atoms with Gasteiger partial charge in [-0.25, -0.2) is 9.36 Å². The molecule has 0 fully saturated rings. The normalized spacial score (nSPS) is 19.8. The molecule has 0 saturated carbocycles. The van der Waals surface area contributed by atoms with Crippen LogP contribution < -0.4 is 4.90 Å². The second-order valence-electron chi connectivity index (χ2n) is 6.73. The van der Waals surface area contributed by atoms with E-state index in [4.69, 9.17) is 0 Å². The zero-order valence-electron chi connectivity index (χ0n) is 14.1. The van der Waals surface area contributed by atoms with Crippen molar-refractivity contribution in [3.8, 4) is 5.75 Å². The van der Waals surface area contributed by atoms with E-state index < -0.39 is 0 Å². The van der Waals surface area contributed by atoms with Crippen molar-refractivity contribution >= 4 is 5.69 Å². The smallest absolute Gasteiger partial charge is 0.154 e. The lowest BCUT2D eigenvalue weighted by Crippen LogP contribution is -2.46. The van der Waals surface area contributed by atoms with Crippen molar-refractivity contribution in [3.63, 3.8) is 0 Å². The molecule has 6 nitrogen and oxygen atoms in total. The number of phenolic OH excluding ortho intramolecular Hbond substituents is 1. The van der Waals surface area contributed by atoms with E-state index in [-0.39, 0.29) is 18.1 Å². The number of nitrogens with zero attached hydrogens (tertiary/aromatic N) is 5. The van der Waals surface area contributed by atoms with Crippen LogP contribution in [-0.4, -0.2) is 24.7 Å². The van der Waals surface area contributed by atoms with Crippen LogP contribution in [-0.2, 0) is 0 Å². The van der Waals surface area contributed by atoms with Crippen LogP contribution in [0.25, 0.3) is 0 Å². The number of hydrogen-bond donors (Lipinski definition) is 1. The molecule has 0 saturated heterocycles. The van der Waals surface area contributed by atoms with Crippen molar-refractivity contribution in [1.29, 1.82) is 0 Å². The topological polar surface area (TPSA) is 59.1 Å². The molecule has 0 spiro atoms. The summed E-state index contributed by atoms with van der Waals surface area (Å²) in [5.74, 6) is 0.276. The Morgan fingerprint density at radius 1 is 0.833 bits per heavy atom. The first-order chi connectivity index (χ1) is 11.5. The van der Waals surface area contributed by atoms with Gasteiger partial charge in [-0.1, -0.05) is 0 Å². The number of hydrogen-bond acceptors (Lipinski definition) is 4. The van der Waals surface area contributed by atoms with Crippen molar-refractivity contribution in [2.24, 2.45) is 0 Å². The fraction of sp³-hybridized carbons (Fsp3) is 0.333. The third kappa shape index (κ3) is 1.42. The van der Waals surface area contributed by atoms with Crippen LogP contribution in [0.1, 0.15) is 46.2 Å². The molecule has 4 aliphatic rings. The van der Waals surface area contributed by atoms with Crippen LogP contribution >= 0.6 is 0 Å². The maximum Gasteiger partial charge on any atom is 0.154 e. The SMILES string of the molecule is Cc1nn2c(C)c1C2N(c1ccc(O)cc1)C1c2c(C)nn1c2C. The quantitative estimate of drug-likeness (QED) is 0.806. The van der Waals surface area contributed by atoms with Crippen LogP contribution in [0.5, 0.6) is 5.75 Å². The first-order valence-electron chi connectivity index (χ1n) is 8.17. The van der Waals surface area contributed by atoms with Gasteiger partial charge in [-0.3, -0.25) is 0 Å². The lowest BCUT2D eigenvalue weighted by Gasteiger charge is -2.45. The Balaban J connectivity index is 1.63. The Bertz CT molecular complexity index is 910. The molecule has 6 heteroatoms. The summed E-state index contributed by atoms with van der Waals surface area (Å²) in [5.41, 5.74) is 8.29. The Morgan fingerprint density at radius 2 is 1.29 bits per heavy atom. The summed E-state index contributed by atoms with van der Waals surface area (Å²) in [6, 6.07) is 7.39. The molecular weight excluding hydrogens is 302 g/mol. The van der Waals surface area contributed by atoms with Gasteiger partial charge in [-0.15, -0.1) is 0 Å². The third-order valence-electron chi connectivity index (χ3n) is 5.42. The lowest BCUT2D eigenvalue weighted by atomic mass is 9.98. The molecule has 24 heavy (non-hydrogen) atoms. The summed E-state index contributed by atoms with van der Waals surface area (Å²) in [7, 11) is 0. The Kier molecular flexibility index (Phi) is 2.39. The number of anilines is 1. The van der Waals surface area contributed by atoms with E-state index in [1.807, 2.05) is 12.1 Å². The molecule has 6 heterocycles. The molecule has 2 atom stereocenters. The van der Waals surface area contributed by atoms with Gasteiger partial charge in [0, 0.05) is 28.2 Å². The zero-order valence-corrected chi connectivity index (χ0v) is 14.1. The predicted octanol–water partition coefficient (Wildman–Crippen LogP) is 2.95. The molecule has 7 rings (SSSR count). The standard InChI is InChI=1S/C18H19N5O/c1-9-15-11(3)22(19-9)17(15)21(13-5-7-14(24)8-6-13)18-16-10(2)20-23(18)12(16)4/h5-8,17-18,24H,1-4H3. The minimum Gasteiger partial charge on any atom is -0.508 e. The van der Waals surface area contributed by atoms with Crippen molar-refractivity contribution < 1.29 is 5.11 Å². The zero-order chi connectivity index (χ0) is 16.7. The first kappa shape index (κ1) is 13.7. The minimum absolute atomic E-state index is 0.103. The molecular formula is C18H19N5O. The van der Waals surface area contributed by atoms with Gasteiger partial charge < -0.3 is 10.0 Å².